The van der Waals surface area contributed by atoms with Crippen LogP contribution in [0.2, 0.25) is 0 Å². The number of nitrogen functional groups attached to an aromatic ring is 1. The molecule has 0 amide bonds. The predicted molar refractivity (Wildman–Crippen MR) is 98.9 cm³/mol. The van der Waals surface area contributed by atoms with Crippen LogP contribution in [0.25, 0.3) is 16.9 Å². The van der Waals surface area contributed by atoms with Crippen molar-refractivity contribution in [1.82, 2.24) is 9.38 Å². The number of nitrogens with zero attached hydrogens (tertiary/aromatic N) is 3. The fraction of sp³-hybridized carbons (Fsp3) is 0. The molecule has 0 saturated heterocycles. The number of hydrogen-bond donors (Lipinski definition) is 2. The average Bonchev–Trinajstić information content (AvgIpc) is 2.99. The summed E-state index contributed by atoms with van der Waals surface area (Å²) in [6.45, 7) is 0. The number of anilines is 1. The number of aromatic nitrogens is 2. The number of halogens is 1. The zero-order chi connectivity index (χ0) is 18.1. The van der Waals surface area contributed by atoms with E-state index >= 15 is 0 Å². The maximum atomic E-state index is 13.2. The van der Waals surface area contributed by atoms with Gasteiger partial charge in [0.15, 0.2) is 5.82 Å². The fourth-order valence-electron chi connectivity index (χ4n) is 2.98. The van der Waals surface area contributed by atoms with Crippen molar-refractivity contribution in [3.63, 3.8) is 0 Å². The van der Waals surface area contributed by atoms with Gasteiger partial charge in [-0.2, -0.15) is 0 Å². The lowest BCUT2D eigenvalue weighted by molar-refractivity contribution is 0.319. The van der Waals surface area contributed by atoms with E-state index in [1.54, 1.807) is 24.4 Å². The Labute approximate surface area is 148 Å². The molecule has 0 aliphatic carbocycles. The van der Waals surface area contributed by atoms with E-state index in [1.807, 2.05) is 40.8 Å². The average molecular weight is 346 g/mol. The van der Waals surface area contributed by atoms with Gasteiger partial charge in [0.2, 0.25) is 0 Å². The molecule has 0 aliphatic rings. The SMILES string of the molecule is Nc1nc2ccc(/C(=N/O)c3ccccc3)cn2c1-c1ccc(F)cc1. The van der Waals surface area contributed by atoms with E-state index < -0.39 is 0 Å². The molecule has 0 atom stereocenters. The van der Waals surface area contributed by atoms with Gasteiger partial charge in [0, 0.05) is 22.9 Å². The van der Waals surface area contributed by atoms with Crippen LogP contribution in [0.1, 0.15) is 11.1 Å². The zero-order valence-electron chi connectivity index (χ0n) is 13.7. The van der Waals surface area contributed by atoms with Gasteiger partial charge in [-0.3, -0.25) is 4.40 Å². The highest BCUT2D eigenvalue weighted by Gasteiger charge is 2.15. The molecule has 0 saturated carbocycles. The smallest absolute Gasteiger partial charge is 0.150 e. The Morgan fingerprint density at radius 1 is 0.962 bits per heavy atom. The summed E-state index contributed by atoms with van der Waals surface area (Å²) >= 11 is 0. The molecule has 0 unspecified atom stereocenters. The molecule has 2 aromatic carbocycles. The van der Waals surface area contributed by atoms with Crippen molar-refractivity contribution in [1.29, 1.82) is 0 Å². The second-order valence-corrected chi connectivity index (χ2v) is 5.81. The van der Waals surface area contributed by atoms with Gasteiger partial charge in [-0.15, -0.1) is 0 Å². The highest BCUT2D eigenvalue weighted by Crippen LogP contribution is 2.28. The van der Waals surface area contributed by atoms with Crippen molar-refractivity contribution in [3.05, 3.63) is 89.9 Å². The molecule has 4 aromatic rings. The molecule has 6 heteroatoms. The number of rotatable bonds is 3. The Morgan fingerprint density at radius 2 is 1.69 bits per heavy atom. The topological polar surface area (TPSA) is 75.9 Å². The minimum absolute atomic E-state index is 0.319. The van der Waals surface area contributed by atoms with Crippen LogP contribution in [0.4, 0.5) is 10.2 Å². The van der Waals surface area contributed by atoms with Crippen molar-refractivity contribution in [2.75, 3.05) is 5.73 Å². The number of nitrogens with two attached hydrogens (primary N) is 1. The van der Waals surface area contributed by atoms with Gasteiger partial charge in [0.25, 0.3) is 0 Å². The van der Waals surface area contributed by atoms with Crippen LogP contribution in [-0.2, 0) is 0 Å². The highest BCUT2D eigenvalue weighted by molar-refractivity contribution is 6.12. The first-order valence-electron chi connectivity index (χ1n) is 7.99. The van der Waals surface area contributed by atoms with Gasteiger partial charge in [0.1, 0.15) is 17.2 Å². The molecule has 4 rings (SSSR count). The largest absolute Gasteiger partial charge is 0.410 e. The van der Waals surface area contributed by atoms with E-state index in [9.17, 15) is 9.60 Å². The molecule has 2 aromatic heterocycles. The normalized spacial score (nSPS) is 11.8. The standard InChI is InChI=1S/C20H15FN4O/c21-16-9-6-14(7-10-16)19-20(22)23-17-11-8-15(12-25(17)19)18(24-26)13-4-2-1-3-5-13/h1-12,26H,22H2/b24-18+. The van der Waals surface area contributed by atoms with E-state index in [0.717, 1.165) is 11.1 Å². The molecule has 0 aliphatic heterocycles. The third-order valence-corrected chi connectivity index (χ3v) is 4.18. The third-order valence-electron chi connectivity index (χ3n) is 4.18. The quantitative estimate of drug-likeness (QED) is 0.335. The summed E-state index contributed by atoms with van der Waals surface area (Å²) in [7, 11) is 0. The molecule has 0 fully saturated rings. The Kier molecular flexibility index (Phi) is 3.85. The maximum absolute atomic E-state index is 13.2. The van der Waals surface area contributed by atoms with Gasteiger partial charge in [0.05, 0.1) is 5.69 Å². The van der Waals surface area contributed by atoms with Crippen molar-refractivity contribution in [2.24, 2.45) is 5.16 Å². The Hall–Kier alpha value is -3.67. The third kappa shape index (κ3) is 2.67. The van der Waals surface area contributed by atoms with Crippen LogP contribution in [0.5, 0.6) is 0 Å². The number of pyridine rings is 1. The first-order chi connectivity index (χ1) is 12.7. The number of imidazole rings is 1. The van der Waals surface area contributed by atoms with E-state index in [4.69, 9.17) is 5.73 Å². The Morgan fingerprint density at radius 3 is 2.38 bits per heavy atom. The summed E-state index contributed by atoms with van der Waals surface area (Å²) < 4.78 is 15.1. The van der Waals surface area contributed by atoms with Gasteiger partial charge in [-0.1, -0.05) is 35.5 Å². The van der Waals surface area contributed by atoms with Crippen LogP contribution in [-0.4, -0.2) is 20.3 Å². The minimum Gasteiger partial charge on any atom is -0.410 e. The molecule has 2 heterocycles. The van der Waals surface area contributed by atoms with Gasteiger partial charge >= 0.3 is 0 Å². The molecule has 0 radical (unpaired) electrons. The summed E-state index contributed by atoms with van der Waals surface area (Å²) in [5.74, 6) is 0.0246. The first kappa shape index (κ1) is 15.8. The van der Waals surface area contributed by atoms with E-state index in [2.05, 4.69) is 10.1 Å². The van der Waals surface area contributed by atoms with Gasteiger partial charge < -0.3 is 10.9 Å². The number of benzene rings is 2. The van der Waals surface area contributed by atoms with Crippen LogP contribution in [0, 0.1) is 5.82 Å². The summed E-state index contributed by atoms with van der Waals surface area (Å²) in [4.78, 5) is 4.36. The van der Waals surface area contributed by atoms with Crippen LogP contribution >= 0.6 is 0 Å². The van der Waals surface area contributed by atoms with Crippen molar-refractivity contribution in [3.8, 4) is 11.3 Å². The van der Waals surface area contributed by atoms with E-state index in [-0.39, 0.29) is 5.82 Å². The minimum atomic E-state index is -0.319. The molecular weight excluding hydrogens is 331 g/mol. The first-order valence-corrected chi connectivity index (χ1v) is 7.99. The summed E-state index contributed by atoms with van der Waals surface area (Å²) in [6, 6.07) is 19.0. The molecule has 3 N–H and O–H groups in total. The molecule has 26 heavy (non-hydrogen) atoms. The monoisotopic (exact) mass is 346 g/mol. The highest BCUT2D eigenvalue weighted by atomic mass is 19.1. The second-order valence-electron chi connectivity index (χ2n) is 5.81. The van der Waals surface area contributed by atoms with Crippen molar-refractivity contribution in [2.45, 2.75) is 0 Å². The van der Waals surface area contributed by atoms with Gasteiger partial charge in [-0.05, 0) is 36.4 Å². The van der Waals surface area contributed by atoms with Gasteiger partial charge in [-0.25, -0.2) is 9.37 Å². The lowest BCUT2D eigenvalue weighted by Crippen LogP contribution is -2.05. The summed E-state index contributed by atoms with van der Waals surface area (Å²) in [6.07, 6.45) is 1.80. The molecule has 0 bridgehead atoms. The van der Waals surface area contributed by atoms with Crippen LogP contribution < -0.4 is 5.73 Å². The van der Waals surface area contributed by atoms with Crippen molar-refractivity contribution < 1.29 is 9.60 Å². The molecular formula is C20H15FN4O. The fourth-order valence-corrected chi connectivity index (χ4v) is 2.98. The number of fused-ring (bicyclic) bond motifs is 1. The predicted octanol–water partition coefficient (Wildman–Crippen LogP) is 3.95. The van der Waals surface area contributed by atoms with E-state index in [1.165, 1.54) is 12.1 Å². The second kappa shape index (κ2) is 6.33. The summed E-state index contributed by atoms with van der Waals surface area (Å²) in [5, 5.41) is 13.0. The number of hydrogen-bond acceptors (Lipinski definition) is 4. The lowest BCUT2D eigenvalue weighted by atomic mass is 10.0. The molecule has 128 valence electrons. The maximum Gasteiger partial charge on any atom is 0.150 e. The summed E-state index contributed by atoms with van der Waals surface area (Å²) in [5.41, 5.74) is 10.1. The Balaban J connectivity index is 1.89. The van der Waals surface area contributed by atoms with Crippen LogP contribution in [0.3, 0.4) is 0 Å². The zero-order valence-corrected chi connectivity index (χ0v) is 13.7. The molecule has 0 spiro atoms. The molecule has 5 nitrogen and oxygen atoms in total. The lowest BCUT2D eigenvalue weighted by Gasteiger charge is -2.08. The van der Waals surface area contributed by atoms with E-state index in [0.29, 0.717) is 28.4 Å². The van der Waals surface area contributed by atoms with Crippen LogP contribution in [0.15, 0.2) is 78.1 Å². The number of oxime groups is 1. The van der Waals surface area contributed by atoms with Crippen molar-refractivity contribution >= 4 is 17.2 Å². The Bertz CT molecular complexity index is 1100.